The Hall–Kier alpha value is -8.34. The lowest BCUT2D eigenvalue weighted by molar-refractivity contribution is 0.590. The predicted octanol–water partition coefficient (Wildman–Crippen LogP) is 18.4. The summed E-state index contributed by atoms with van der Waals surface area (Å²) < 4.78 is 46.5. The van der Waals surface area contributed by atoms with Crippen LogP contribution in [-0.4, -0.2) is 6.71 Å². The topological polar surface area (TPSA) is 9.72 Å². The third-order valence-corrected chi connectivity index (χ3v) is 17.9. The molecule has 79 heavy (non-hydrogen) atoms. The van der Waals surface area contributed by atoms with E-state index in [1.54, 1.807) is 0 Å². The fourth-order valence-electron chi connectivity index (χ4n) is 13.7. The summed E-state index contributed by atoms with van der Waals surface area (Å²) in [6.45, 7) is 24.8. The van der Waals surface area contributed by atoms with Gasteiger partial charge < -0.3 is 14.7 Å². The quantitative estimate of drug-likeness (QED) is 0.154. The molecule has 0 bridgehead atoms. The van der Waals surface area contributed by atoms with Gasteiger partial charge >= 0.3 is 0 Å². The number of hydrogen-bond donors (Lipinski definition) is 0. The normalized spacial score (nSPS) is 15.8. The molecular weight excluding hydrogens is 954 g/mol. The van der Waals surface area contributed by atoms with Crippen LogP contribution in [0.3, 0.4) is 0 Å². The van der Waals surface area contributed by atoms with Gasteiger partial charge in [0.2, 0.25) is 0 Å². The molecule has 2 heterocycles. The molecule has 0 atom stereocenters. The Morgan fingerprint density at radius 1 is 0.430 bits per heavy atom. The average molecular weight is 1030 g/mol. The number of rotatable bonds is 6. The van der Waals surface area contributed by atoms with Crippen molar-refractivity contribution < 1.29 is 6.85 Å². The highest BCUT2D eigenvalue weighted by atomic mass is 15.2. The van der Waals surface area contributed by atoms with Crippen molar-refractivity contribution in [1.29, 1.82) is 0 Å². The fourth-order valence-corrected chi connectivity index (χ4v) is 13.7. The third kappa shape index (κ3) is 7.47. The molecule has 0 saturated carbocycles. The molecule has 0 N–H and O–H groups in total. The first-order valence-electron chi connectivity index (χ1n) is 30.5. The van der Waals surface area contributed by atoms with E-state index in [1.165, 1.54) is 61.0 Å². The van der Waals surface area contributed by atoms with E-state index in [-0.39, 0.29) is 46.1 Å². The van der Waals surface area contributed by atoms with Crippen molar-refractivity contribution >= 4 is 74.3 Å². The average Bonchev–Trinajstić information content (AvgIpc) is 3.65. The zero-order valence-electron chi connectivity index (χ0n) is 52.2. The molecule has 0 saturated heterocycles. The number of para-hydroxylation sites is 1. The van der Waals surface area contributed by atoms with E-state index in [4.69, 9.17) is 4.11 Å². The van der Waals surface area contributed by atoms with Crippen LogP contribution >= 0.6 is 0 Å². The maximum atomic E-state index is 9.72. The highest BCUT2D eigenvalue weighted by molar-refractivity contribution is 7.00. The van der Waals surface area contributed by atoms with Crippen molar-refractivity contribution in [3.8, 4) is 33.4 Å². The Balaban J connectivity index is 1.07. The molecule has 386 valence electrons. The summed E-state index contributed by atoms with van der Waals surface area (Å²) in [7, 11) is 0. The van der Waals surface area contributed by atoms with Crippen molar-refractivity contribution in [1.82, 2.24) is 0 Å². The first-order chi connectivity index (χ1) is 39.9. The van der Waals surface area contributed by atoms with Crippen LogP contribution in [0.25, 0.3) is 33.4 Å². The second-order valence-electron chi connectivity index (χ2n) is 25.5. The number of aryl methyl sites for hydroxylation is 1. The lowest BCUT2D eigenvalue weighted by atomic mass is 9.33. The molecule has 10 aromatic carbocycles. The molecule has 2 aliphatic carbocycles. The highest BCUT2D eigenvalue weighted by Gasteiger charge is 2.46. The Kier molecular flexibility index (Phi) is 9.57. The van der Waals surface area contributed by atoms with Crippen LogP contribution < -0.4 is 31.1 Å². The first-order valence-corrected chi connectivity index (χ1v) is 28.0. The minimum atomic E-state index is -0.436. The molecule has 10 aromatic rings. The van der Waals surface area contributed by atoms with Gasteiger partial charge in [-0.2, -0.15) is 0 Å². The van der Waals surface area contributed by atoms with E-state index in [2.05, 4.69) is 250 Å². The minimum Gasteiger partial charge on any atom is -0.311 e. The molecule has 0 amide bonds. The molecule has 4 heteroatoms. The Morgan fingerprint density at radius 3 is 1.49 bits per heavy atom. The van der Waals surface area contributed by atoms with E-state index < -0.39 is 18.1 Å². The lowest BCUT2D eigenvalue weighted by Gasteiger charge is -2.45. The monoisotopic (exact) mass is 1030 g/mol. The Bertz CT molecular complexity index is 4420. The second kappa shape index (κ2) is 17.3. The molecular formula is C75H68BN3. The number of nitrogens with zero attached hydrogens (tertiary/aromatic N) is 3. The fraction of sp³-hybridized carbons (Fsp3) is 0.200. The van der Waals surface area contributed by atoms with Gasteiger partial charge in [0.25, 0.3) is 6.71 Å². The highest BCUT2D eigenvalue weighted by Crippen LogP contribution is 2.55. The molecule has 0 aromatic heterocycles. The van der Waals surface area contributed by atoms with Gasteiger partial charge in [-0.25, -0.2) is 0 Å². The van der Waals surface area contributed by atoms with E-state index in [1.807, 2.05) is 23.1 Å². The van der Waals surface area contributed by atoms with Crippen molar-refractivity contribution in [3.05, 3.63) is 251 Å². The SMILES string of the molecule is [2H]c1c([2H])c([2H])c(N(c2ccc3c(c2)N(c2ccc4c(c2)C(C)(C)c2ccccc2-4)c2cc(C)cc4c2B3c2ccc(C(C)(C)C)cc2N4c2ccc3c(c2)C(C)(C)c2ccccc2-3)c2ccc(C(C)(C)C)cc2-c2ccccc2)c([2H])c1[2H]. The maximum absolute atomic E-state index is 9.72. The van der Waals surface area contributed by atoms with Crippen LogP contribution in [0.5, 0.6) is 0 Å². The number of hydrogen-bond acceptors (Lipinski definition) is 3. The predicted molar refractivity (Wildman–Crippen MR) is 338 cm³/mol. The molecule has 4 aliphatic rings. The standard InChI is InChI=1S/C75H68BN3/c1-47-40-69-71-70(41-47)79(53-33-36-58-56-27-19-21-29-61(56)75(10,11)63(58)45-53)68-46-54(77(51-24-16-13-17-25-51)66-39-31-49(72(2,3)4)42-59(66)48-22-14-12-15-23-48)34-38-65(68)76(71)64-37-30-50(73(5,6)7)43-67(64)78(69)52-32-35-57-55-26-18-20-28-60(55)74(8,9)62(57)44-52/h12-46H,1-11H3/i13D,16D,17D,24D,25D. The summed E-state index contributed by atoms with van der Waals surface area (Å²) >= 11 is 0. The largest absolute Gasteiger partial charge is 0.311 e. The summed E-state index contributed by atoms with van der Waals surface area (Å²) in [5, 5.41) is 0. The van der Waals surface area contributed by atoms with Crippen molar-refractivity contribution in [2.24, 2.45) is 0 Å². The van der Waals surface area contributed by atoms with Gasteiger partial charge in [0.15, 0.2) is 0 Å². The summed E-state index contributed by atoms with van der Waals surface area (Å²) in [5.74, 6) is 0. The molecule has 14 rings (SSSR count). The van der Waals surface area contributed by atoms with Crippen molar-refractivity contribution in [2.45, 2.75) is 97.8 Å². The van der Waals surface area contributed by atoms with E-state index in [0.29, 0.717) is 11.4 Å². The van der Waals surface area contributed by atoms with Gasteiger partial charge in [0.05, 0.1) is 12.5 Å². The molecule has 0 spiro atoms. The molecule has 0 fully saturated rings. The van der Waals surface area contributed by atoms with Crippen LogP contribution in [0.2, 0.25) is 0 Å². The van der Waals surface area contributed by atoms with Crippen LogP contribution in [0, 0.1) is 6.92 Å². The lowest BCUT2D eigenvalue weighted by Crippen LogP contribution is -2.61. The number of fused-ring (bicyclic) bond motifs is 10. The molecule has 0 unspecified atom stereocenters. The maximum Gasteiger partial charge on any atom is 0.252 e. The van der Waals surface area contributed by atoms with E-state index in [0.717, 1.165) is 61.8 Å². The zero-order chi connectivity index (χ0) is 58.8. The van der Waals surface area contributed by atoms with Gasteiger partial charge in [0, 0.05) is 61.9 Å². The molecule has 2 aliphatic heterocycles. The summed E-state index contributed by atoms with van der Waals surface area (Å²) in [6.07, 6.45) is 0. The first kappa shape index (κ1) is 43.6. The van der Waals surface area contributed by atoms with Crippen molar-refractivity contribution in [3.63, 3.8) is 0 Å². The number of anilines is 9. The van der Waals surface area contributed by atoms with E-state index in [9.17, 15) is 2.74 Å². The van der Waals surface area contributed by atoms with Gasteiger partial charge in [-0.05, 0) is 180 Å². The van der Waals surface area contributed by atoms with Crippen LogP contribution in [0.1, 0.15) is 115 Å². The Labute approximate surface area is 476 Å². The van der Waals surface area contributed by atoms with Crippen molar-refractivity contribution in [2.75, 3.05) is 14.7 Å². The summed E-state index contributed by atoms with van der Waals surface area (Å²) in [5.41, 5.74) is 26.0. The van der Waals surface area contributed by atoms with Gasteiger partial charge in [-0.3, -0.25) is 0 Å². The number of benzene rings is 10. The van der Waals surface area contributed by atoms with Gasteiger partial charge in [-0.15, -0.1) is 0 Å². The molecule has 3 nitrogen and oxygen atoms in total. The zero-order valence-corrected chi connectivity index (χ0v) is 47.2. The third-order valence-electron chi connectivity index (χ3n) is 17.9. The smallest absolute Gasteiger partial charge is 0.252 e. The summed E-state index contributed by atoms with van der Waals surface area (Å²) in [4.78, 5) is 6.92. The van der Waals surface area contributed by atoms with Gasteiger partial charge in [0.1, 0.15) is 0 Å². The minimum absolute atomic E-state index is 0.0774. The van der Waals surface area contributed by atoms with Crippen LogP contribution in [0.15, 0.2) is 212 Å². The second-order valence-corrected chi connectivity index (χ2v) is 25.5. The van der Waals surface area contributed by atoms with Gasteiger partial charge in [-0.1, -0.05) is 203 Å². The van der Waals surface area contributed by atoms with Crippen LogP contribution in [-0.2, 0) is 21.7 Å². The van der Waals surface area contributed by atoms with Crippen LogP contribution in [0.4, 0.5) is 51.2 Å². The molecule has 0 radical (unpaired) electrons. The summed E-state index contributed by atoms with van der Waals surface area (Å²) in [6, 6.07) is 65.0. The van der Waals surface area contributed by atoms with E-state index >= 15 is 0 Å². The Morgan fingerprint density at radius 2 is 0.924 bits per heavy atom.